The van der Waals surface area contributed by atoms with E-state index in [1.54, 1.807) is 13.2 Å². The Hall–Kier alpha value is -3.28. The minimum atomic E-state index is -0.503. The van der Waals surface area contributed by atoms with Crippen molar-refractivity contribution in [3.8, 4) is 17.2 Å². The molecule has 1 aliphatic rings. The molecule has 2 aromatic rings. The average molecular weight is 424 g/mol. The van der Waals surface area contributed by atoms with Crippen LogP contribution in [-0.2, 0) is 9.53 Å². The van der Waals surface area contributed by atoms with Crippen LogP contribution in [0.4, 0.5) is 0 Å². The van der Waals surface area contributed by atoms with E-state index in [0.29, 0.717) is 36.0 Å². The fourth-order valence-corrected chi connectivity index (χ4v) is 3.21. The van der Waals surface area contributed by atoms with E-state index in [0.717, 1.165) is 18.4 Å². The molecule has 6 nitrogen and oxygen atoms in total. The first-order valence-corrected chi connectivity index (χ1v) is 10.7. The third-order valence-corrected chi connectivity index (χ3v) is 4.78. The minimum Gasteiger partial charge on any atom is -0.493 e. The van der Waals surface area contributed by atoms with Crippen LogP contribution in [0.3, 0.4) is 0 Å². The van der Waals surface area contributed by atoms with Crippen LogP contribution in [0, 0.1) is 0 Å². The Labute approximate surface area is 183 Å². The van der Waals surface area contributed by atoms with Gasteiger partial charge in [0.15, 0.2) is 17.2 Å². The van der Waals surface area contributed by atoms with Gasteiger partial charge < -0.3 is 18.9 Å². The number of methoxy groups -OCH3 is 1. The van der Waals surface area contributed by atoms with Gasteiger partial charge >= 0.3 is 5.97 Å². The summed E-state index contributed by atoms with van der Waals surface area (Å²) >= 11 is 0. The Kier molecular flexibility index (Phi) is 8.10. The second-order valence-electron chi connectivity index (χ2n) is 7.08. The zero-order valence-corrected chi connectivity index (χ0v) is 18.3. The lowest BCUT2D eigenvalue weighted by atomic mass is 10.1. The molecule has 0 aromatic heterocycles. The van der Waals surface area contributed by atoms with E-state index >= 15 is 0 Å². The van der Waals surface area contributed by atoms with Crippen molar-refractivity contribution in [3.05, 3.63) is 59.3 Å². The topological polar surface area (TPSA) is 66.3 Å². The lowest BCUT2D eigenvalue weighted by molar-refractivity contribution is -0.129. The minimum absolute atomic E-state index is 0.219. The van der Waals surface area contributed by atoms with E-state index in [2.05, 4.69) is 11.9 Å². The van der Waals surface area contributed by atoms with Crippen LogP contribution in [0.5, 0.6) is 17.2 Å². The summed E-state index contributed by atoms with van der Waals surface area (Å²) in [5, 5.41) is 0. The largest absolute Gasteiger partial charge is 0.493 e. The number of esters is 1. The summed E-state index contributed by atoms with van der Waals surface area (Å²) in [5.41, 5.74) is 1.63. The van der Waals surface area contributed by atoms with Crippen molar-refractivity contribution in [2.75, 3.05) is 20.3 Å². The molecule has 31 heavy (non-hydrogen) atoms. The maximum absolute atomic E-state index is 12.4. The summed E-state index contributed by atoms with van der Waals surface area (Å²) in [6.45, 7) is 5.24. The molecule has 0 radical (unpaired) electrons. The molecule has 0 amide bonds. The van der Waals surface area contributed by atoms with Gasteiger partial charge in [0.25, 0.3) is 0 Å². The smallest absolute Gasteiger partial charge is 0.363 e. The molecular formula is C25H29NO5. The van der Waals surface area contributed by atoms with Gasteiger partial charge in [0.05, 0.1) is 25.9 Å². The van der Waals surface area contributed by atoms with Crippen LogP contribution in [0.15, 0.2) is 53.2 Å². The van der Waals surface area contributed by atoms with Crippen molar-refractivity contribution >= 4 is 17.9 Å². The summed E-state index contributed by atoms with van der Waals surface area (Å²) < 4.78 is 22.3. The molecule has 1 heterocycles. The lowest BCUT2D eigenvalue weighted by Gasteiger charge is -2.11. The van der Waals surface area contributed by atoms with Crippen molar-refractivity contribution in [3.63, 3.8) is 0 Å². The predicted octanol–water partition coefficient (Wildman–Crippen LogP) is 5.40. The van der Waals surface area contributed by atoms with Crippen LogP contribution in [0.1, 0.15) is 50.7 Å². The summed E-state index contributed by atoms with van der Waals surface area (Å²) in [6, 6.07) is 12.9. The molecule has 0 saturated heterocycles. The molecule has 3 rings (SSSR count). The Morgan fingerprint density at radius 3 is 2.58 bits per heavy atom. The van der Waals surface area contributed by atoms with Gasteiger partial charge in [0.2, 0.25) is 5.90 Å². The van der Waals surface area contributed by atoms with Gasteiger partial charge in [-0.25, -0.2) is 9.79 Å². The fourth-order valence-electron chi connectivity index (χ4n) is 3.21. The highest BCUT2D eigenvalue weighted by Gasteiger charge is 2.26. The molecule has 0 fully saturated rings. The van der Waals surface area contributed by atoms with Crippen molar-refractivity contribution in [2.24, 2.45) is 4.99 Å². The molecule has 0 atom stereocenters. The van der Waals surface area contributed by atoms with E-state index in [-0.39, 0.29) is 11.6 Å². The van der Waals surface area contributed by atoms with Crippen LogP contribution >= 0.6 is 0 Å². The maximum atomic E-state index is 12.4. The van der Waals surface area contributed by atoms with E-state index in [4.69, 9.17) is 18.9 Å². The standard InChI is InChI=1S/C25H29NO5/c1-4-6-7-10-15-30-22-14-13-18(17-23(22)28-3)16-20-25(27)31-24(26-20)19-11-8-9-12-21(19)29-5-2/h8-9,11-14,16-17H,4-7,10,15H2,1-3H3/b20-16-. The number of carbonyl (C=O) groups excluding carboxylic acids is 1. The van der Waals surface area contributed by atoms with E-state index in [1.165, 1.54) is 12.8 Å². The number of unbranched alkanes of at least 4 members (excludes halogenated alkanes) is 3. The number of hydrogen-bond acceptors (Lipinski definition) is 6. The monoisotopic (exact) mass is 423 g/mol. The maximum Gasteiger partial charge on any atom is 0.363 e. The summed E-state index contributed by atoms with van der Waals surface area (Å²) in [5.74, 6) is 1.66. The third kappa shape index (κ3) is 5.87. The van der Waals surface area contributed by atoms with Crippen LogP contribution in [0.2, 0.25) is 0 Å². The Morgan fingerprint density at radius 1 is 0.968 bits per heavy atom. The SMILES string of the molecule is CCCCCCOc1ccc(/C=C2\N=C(c3ccccc3OCC)OC2=O)cc1OC. The number of benzene rings is 2. The molecule has 0 saturated carbocycles. The third-order valence-electron chi connectivity index (χ3n) is 4.78. The number of para-hydroxylation sites is 1. The van der Waals surface area contributed by atoms with E-state index in [1.807, 2.05) is 49.4 Å². The normalized spacial score (nSPS) is 14.4. The number of rotatable bonds is 11. The Bertz CT molecular complexity index is 964. The fraction of sp³-hybridized carbons (Fsp3) is 0.360. The second kappa shape index (κ2) is 11.2. The molecule has 0 N–H and O–H groups in total. The molecule has 0 aliphatic carbocycles. The van der Waals surface area contributed by atoms with Gasteiger partial charge in [-0.2, -0.15) is 0 Å². The van der Waals surface area contributed by atoms with Crippen molar-refractivity contribution in [1.82, 2.24) is 0 Å². The quantitative estimate of drug-likeness (QED) is 0.275. The highest BCUT2D eigenvalue weighted by Crippen LogP contribution is 2.30. The van der Waals surface area contributed by atoms with Crippen LogP contribution in [0.25, 0.3) is 6.08 Å². The average Bonchev–Trinajstić information content (AvgIpc) is 3.14. The van der Waals surface area contributed by atoms with Gasteiger partial charge in [0.1, 0.15) is 5.75 Å². The molecule has 1 aliphatic heterocycles. The molecule has 6 heteroatoms. The van der Waals surface area contributed by atoms with Crippen LogP contribution in [-0.4, -0.2) is 32.2 Å². The number of carbonyl (C=O) groups is 1. The van der Waals surface area contributed by atoms with Crippen molar-refractivity contribution in [1.29, 1.82) is 0 Å². The number of hydrogen-bond donors (Lipinski definition) is 0. The van der Waals surface area contributed by atoms with Gasteiger partial charge in [-0.1, -0.05) is 44.4 Å². The van der Waals surface area contributed by atoms with Crippen molar-refractivity contribution < 1.29 is 23.7 Å². The first-order chi connectivity index (χ1) is 15.2. The highest BCUT2D eigenvalue weighted by atomic mass is 16.6. The summed E-state index contributed by atoms with van der Waals surface area (Å²) in [4.78, 5) is 16.8. The number of nitrogens with zero attached hydrogens (tertiary/aromatic N) is 1. The Balaban J connectivity index is 1.77. The van der Waals surface area contributed by atoms with Crippen molar-refractivity contribution in [2.45, 2.75) is 39.5 Å². The molecule has 0 spiro atoms. The van der Waals surface area contributed by atoms with Gasteiger partial charge in [0, 0.05) is 0 Å². The molecular weight excluding hydrogens is 394 g/mol. The van der Waals surface area contributed by atoms with E-state index in [9.17, 15) is 4.79 Å². The van der Waals surface area contributed by atoms with Gasteiger partial charge in [-0.15, -0.1) is 0 Å². The zero-order valence-electron chi connectivity index (χ0n) is 18.3. The number of cyclic esters (lactones) is 1. The Morgan fingerprint density at radius 2 is 1.81 bits per heavy atom. The second-order valence-corrected chi connectivity index (χ2v) is 7.08. The number of ether oxygens (including phenoxy) is 4. The first-order valence-electron chi connectivity index (χ1n) is 10.7. The zero-order chi connectivity index (χ0) is 22.1. The summed E-state index contributed by atoms with van der Waals surface area (Å²) in [6.07, 6.45) is 6.23. The summed E-state index contributed by atoms with van der Waals surface area (Å²) in [7, 11) is 1.60. The molecule has 0 unspecified atom stereocenters. The van der Waals surface area contributed by atoms with Crippen LogP contribution < -0.4 is 14.2 Å². The highest BCUT2D eigenvalue weighted by molar-refractivity contribution is 6.13. The van der Waals surface area contributed by atoms with E-state index < -0.39 is 5.97 Å². The molecule has 0 bridgehead atoms. The molecule has 2 aromatic carbocycles. The van der Waals surface area contributed by atoms with Gasteiger partial charge in [-0.05, 0) is 49.2 Å². The van der Waals surface area contributed by atoms with Gasteiger partial charge in [-0.3, -0.25) is 0 Å². The molecule has 164 valence electrons. The lowest BCUT2D eigenvalue weighted by Crippen LogP contribution is -2.07. The first kappa shape index (κ1) is 22.4. The number of aliphatic imine (C=N–C) groups is 1. The predicted molar refractivity (Wildman–Crippen MR) is 121 cm³/mol.